The van der Waals surface area contributed by atoms with Gasteiger partial charge in [-0.3, -0.25) is 4.79 Å². The van der Waals surface area contributed by atoms with Gasteiger partial charge in [-0.25, -0.2) is 4.68 Å². The standard InChI is InChI=1S/C23H20ClN5O3/c1-14-12-15(2)29(28-14)21-10-11-22(27-26-21)32-18-7-5-17(6-8-18)25-23(30)19-13-16(24)4-9-20(19)31-3/h4-13H,1-3H3,(H,25,30). The molecule has 2 aromatic carbocycles. The Morgan fingerprint density at radius 3 is 2.41 bits per heavy atom. The molecule has 0 bridgehead atoms. The lowest BCUT2D eigenvalue weighted by atomic mass is 10.2. The second-order valence-corrected chi connectivity index (χ2v) is 7.43. The molecular weight excluding hydrogens is 430 g/mol. The lowest BCUT2D eigenvalue weighted by Gasteiger charge is -2.10. The molecule has 0 aliphatic rings. The van der Waals surface area contributed by atoms with E-state index in [4.69, 9.17) is 21.1 Å². The van der Waals surface area contributed by atoms with Gasteiger partial charge in [-0.05, 0) is 68.4 Å². The summed E-state index contributed by atoms with van der Waals surface area (Å²) in [4.78, 5) is 12.6. The third kappa shape index (κ3) is 4.70. The number of ether oxygens (including phenoxy) is 2. The predicted octanol–water partition coefficient (Wildman–Crippen LogP) is 4.99. The van der Waals surface area contributed by atoms with E-state index < -0.39 is 0 Å². The number of amides is 1. The first kappa shape index (κ1) is 21.3. The summed E-state index contributed by atoms with van der Waals surface area (Å²) >= 11 is 6.00. The SMILES string of the molecule is COc1ccc(Cl)cc1C(=O)Nc1ccc(Oc2ccc(-n3nc(C)cc3C)nn2)cc1. The number of anilines is 1. The topological polar surface area (TPSA) is 91.2 Å². The minimum absolute atomic E-state index is 0.330. The van der Waals surface area contributed by atoms with Gasteiger partial charge in [0.1, 0.15) is 11.5 Å². The van der Waals surface area contributed by atoms with Crippen molar-refractivity contribution in [2.75, 3.05) is 12.4 Å². The van der Waals surface area contributed by atoms with E-state index >= 15 is 0 Å². The van der Waals surface area contributed by atoms with E-state index in [9.17, 15) is 4.79 Å². The van der Waals surface area contributed by atoms with Crippen molar-refractivity contribution in [3.63, 3.8) is 0 Å². The molecular formula is C23H20ClN5O3. The van der Waals surface area contributed by atoms with Crippen LogP contribution < -0.4 is 14.8 Å². The van der Waals surface area contributed by atoms with Crippen molar-refractivity contribution >= 4 is 23.2 Å². The number of hydrogen-bond donors (Lipinski definition) is 1. The number of methoxy groups -OCH3 is 1. The van der Waals surface area contributed by atoms with Crippen molar-refractivity contribution in [1.82, 2.24) is 20.0 Å². The van der Waals surface area contributed by atoms with Gasteiger partial charge in [0.2, 0.25) is 5.88 Å². The summed E-state index contributed by atoms with van der Waals surface area (Å²) in [6.45, 7) is 3.88. The summed E-state index contributed by atoms with van der Waals surface area (Å²) in [7, 11) is 1.50. The number of rotatable bonds is 6. The first-order valence-electron chi connectivity index (χ1n) is 9.73. The van der Waals surface area contributed by atoms with E-state index in [0.717, 1.165) is 11.4 Å². The van der Waals surface area contributed by atoms with Crippen LogP contribution >= 0.6 is 11.6 Å². The monoisotopic (exact) mass is 449 g/mol. The minimum atomic E-state index is -0.330. The fourth-order valence-electron chi connectivity index (χ4n) is 3.12. The van der Waals surface area contributed by atoms with Gasteiger partial charge in [0.25, 0.3) is 5.91 Å². The van der Waals surface area contributed by atoms with Crippen LogP contribution in [-0.2, 0) is 0 Å². The fourth-order valence-corrected chi connectivity index (χ4v) is 3.30. The first-order valence-corrected chi connectivity index (χ1v) is 10.1. The minimum Gasteiger partial charge on any atom is -0.496 e. The molecule has 0 fully saturated rings. The highest BCUT2D eigenvalue weighted by Gasteiger charge is 2.13. The molecule has 8 nitrogen and oxygen atoms in total. The highest BCUT2D eigenvalue weighted by atomic mass is 35.5. The van der Waals surface area contributed by atoms with Gasteiger partial charge in [0.05, 0.1) is 18.4 Å². The number of benzene rings is 2. The van der Waals surface area contributed by atoms with Crippen molar-refractivity contribution in [1.29, 1.82) is 0 Å². The Labute approximate surface area is 189 Å². The van der Waals surface area contributed by atoms with E-state index in [1.807, 2.05) is 19.9 Å². The predicted molar refractivity (Wildman–Crippen MR) is 121 cm³/mol. The number of aromatic nitrogens is 4. The Morgan fingerprint density at radius 2 is 1.78 bits per heavy atom. The molecule has 0 radical (unpaired) electrons. The molecule has 0 saturated heterocycles. The third-order valence-electron chi connectivity index (χ3n) is 4.59. The van der Waals surface area contributed by atoms with Crippen molar-refractivity contribution in [2.24, 2.45) is 0 Å². The molecule has 9 heteroatoms. The van der Waals surface area contributed by atoms with Crippen LogP contribution in [0, 0.1) is 13.8 Å². The van der Waals surface area contributed by atoms with Crippen LogP contribution in [-0.4, -0.2) is 33.0 Å². The quantitative estimate of drug-likeness (QED) is 0.446. The second kappa shape index (κ2) is 9.07. The molecule has 1 N–H and O–H groups in total. The highest BCUT2D eigenvalue weighted by molar-refractivity contribution is 6.31. The van der Waals surface area contributed by atoms with Gasteiger partial charge >= 0.3 is 0 Å². The van der Waals surface area contributed by atoms with Crippen LogP contribution in [0.25, 0.3) is 5.82 Å². The Kier molecular flexibility index (Phi) is 6.04. The van der Waals surface area contributed by atoms with Gasteiger partial charge < -0.3 is 14.8 Å². The van der Waals surface area contributed by atoms with E-state index in [1.54, 1.807) is 59.3 Å². The van der Waals surface area contributed by atoms with Crippen LogP contribution in [0.1, 0.15) is 21.7 Å². The molecule has 0 atom stereocenters. The molecule has 0 aliphatic heterocycles. The molecule has 0 saturated carbocycles. The Balaban J connectivity index is 1.42. The summed E-state index contributed by atoms with van der Waals surface area (Å²) in [6.07, 6.45) is 0. The van der Waals surface area contributed by atoms with Crippen molar-refractivity contribution in [3.8, 4) is 23.2 Å². The molecule has 2 aromatic heterocycles. The molecule has 4 rings (SSSR count). The van der Waals surface area contributed by atoms with E-state index in [-0.39, 0.29) is 5.91 Å². The zero-order chi connectivity index (χ0) is 22.7. The molecule has 162 valence electrons. The summed E-state index contributed by atoms with van der Waals surface area (Å²) in [5.41, 5.74) is 2.82. The van der Waals surface area contributed by atoms with Crippen LogP contribution in [0.4, 0.5) is 5.69 Å². The molecule has 2 heterocycles. The van der Waals surface area contributed by atoms with E-state index in [0.29, 0.717) is 39.5 Å². The van der Waals surface area contributed by atoms with E-state index in [2.05, 4.69) is 20.6 Å². The maximum absolute atomic E-state index is 12.6. The first-order chi connectivity index (χ1) is 15.4. The maximum Gasteiger partial charge on any atom is 0.259 e. The number of nitrogens with one attached hydrogen (secondary N) is 1. The maximum atomic E-state index is 12.6. The summed E-state index contributed by atoms with van der Waals surface area (Å²) in [5, 5.41) is 15.9. The van der Waals surface area contributed by atoms with Crippen molar-refractivity contribution < 1.29 is 14.3 Å². The lowest BCUT2D eigenvalue weighted by molar-refractivity contribution is 0.102. The number of carbonyl (C=O) groups is 1. The Morgan fingerprint density at radius 1 is 1.00 bits per heavy atom. The summed E-state index contributed by atoms with van der Waals surface area (Å²) in [5.74, 6) is 1.61. The molecule has 0 spiro atoms. The Hall–Kier alpha value is -3.91. The number of aryl methyl sites for hydroxylation is 2. The fraction of sp³-hybridized carbons (Fsp3) is 0.130. The molecule has 0 unspecified atom stereocenters. The van der Waals surface area contributed by atoms with Crippen molar-refractivity contribution in [3.05, 3.63) is 82.6 Å². The number of hydrogen-bond acceptors (Lipinski definition) is 6. The second-order valence-electron chi connectivity index (χ2n) is 6.99. The number of carbonyl (C=O) groups excluding carboxylic acids is 1. The average Bonchev–Trinajstić information content (AvgIpc) is 3.13. The molecule has 0 aliphatic carbocycles. The van der Waals surface area contributed by atoms with Gasteiger partial charge in [-0.15, -0.1) is 10.2 Å². The number of halogens is 1. The van der Waals surface area contributed by atoms with Gasteiger partial charge in [-0.2, -0.15) is 5.10 Å². The average molecular weight is 450 g/mol. The van der Waals surface area contributed by atoms with E-state index in [1.165, 1.54) is 7.11 Å². The third-order valence-corrected chi connectivity index (χ3v) is 4.83. The van der Waals surface area contributed by atoms with Crippen LogP contribution in [0.3, 0.4) is 0 Å². The van der Waals surface area contributed by atoms with Gasteiger partial charge in [-0.1, -0.05) is 11.6 Å². The van der Waals surface area contributed by atoms with Crippen molar-refractivity contribution in [2.45, 2.75) is 13.8 Å². The lowest BCUT2D eigenvalue weighted by Crippen LogP contribution is -2.13. The molecule has 4 aromatic rings. The van der Waals surface area contributed by atoms with Gasteiger partial charge in [0, 0.05) is 22.5 Å². The summed E-state index contributed by atoms with van der Waals surface area (Å²) in [6, 6.07) is 17.2. The number of nitrogens with zero attached hydrogens (tertiary/aromatic N) is 4. The molecule has 1 amide bonds. The van der Waals surface area contributed by atoms with Crippen LogP contribution in [0.2, 0.25) is 5.02 Å². The highest BCUT2D eigenvalue weighted by Crippen LogP contribution is 2.25. The largest absolute Gasteiger partial charge is 0.496 e. The Bertz CT molecular complexity index is 1250. The molecule has 32 heavy (non-hydrogen) atoms. The van der Waals surface area contributed by atoms with Crippen LogP contribution in [0.15, 0.2) is 60.7 Å². The normalized spacial score (nSPS) is 10.6. The smallest absolute Gasteiger partial charge is 0.259 e. The van der Waals surface area contributed by atoms with Crippen LogP contribution in [0.5, 0.6) is 17.4 Å². The zero-order valence-corrected chi connectivity index (χ0v) is 18.4. The van der Waals surface area contributed by atoms with Gasteiger partial charge in [0.15, 0.2) is 5.82 Å². The summed E-state index contributed by atoms with van der Waals surface area (Å²) < 4.78 is 12.7. The zero-order valence-electron chi connectivity index (χ0n) is 17.7.